The predicted molar refractivity (Wildman–Crippen MR) is 166 cm³/mol. The number of unbranched alkanes of at least 4 members (excludes halogenated alkanes) is 10. The van der Waals surface area contributed by atoms with Gasteiger partial charge in [0.05, 0.1) is 13.2 Å². The van der Waals surface area contributed by atoms with Crippen molar-refractivity contribution in [2.75, 3.05) is 19.8 Å². The molecule has 3 fully saturated rings. The third kappa shape index (κ3) is 11.9. The Hall–Kier alpha value is -1.13. The first-order chi connectivity index (χ1) is 23.4. The molecule has 3 rings (SSSR count). The highest BCUT2D eigenvalue weighted by Crippen LogP contribution is 2.32. The van der Waals surface area contributed by atoms with Crippen LogP contribution in [-0.2, 0) is 33.2 Å². The van der Waals surface area contributed by atoms with Crippen molar-refractivity contribution in [2.24, 2.45) is 0 Å². The van der Waals surface area contributed by atoms with E-state index in [1.54, 1.807) is 0 Å². The van der Waals surface area contributed by atoms with Gasteiger partial charge in [-0.05, 0) is 6.42 Å². The van der Waals surface area contributed by atoms with Crippen LogP contribution in [0.25, 0.3) is 0 Å². The van der Waals surface area contributed by atoms with Gasteiger partial charge >= 0.3 is 5.97 Å². The lowest BCUT2D eigenvalue weighted by atomic mass is 9.96. The van der Waals surface area contributed by atoms with Crippen molar-refractivity contribution >= 4 is 5.97 Å². The third-order valence-electron chi connectivity index (χ3n) is 9.30. The van der Waals surface area contributed by atoms with Crippen LogP contribution in [0.15, 0.2) is 0 Å². The van der Waals surface area contributed by atoms with E-state index >= 15 is 0 Å². The molecule has 3 aliphatic rings. The zero-order valence-corrected chi connectivity index (χ0v) is 28.1. The first-order valence-corrected chi connectivity index (χ1v) is 17.5. The summed E-state index contributed by atoms with van der Waals surface area (Å²) < 4.78 is 32.5. The van der Waals surface area contributed by atoms with Gasteiger partial charge in [0.2, 0.25) is 0 Å². The maximum Gasteiger partial charge on any atom is 0.305 e. The van der Waals surface area contributed by atoms with E-state index in [1.165, 1.54) is 44.9 Å². The Morgan fingerprint density at radius 3 is 1.51 bits per heavy atom. The topological polar surface area (TPSA) is 275 Å². The van der Waals surface area contributed by atoms with Crippen molar-refractivity contribution in [2.45, 2.75) is 176 Å². The summed E-state index contributed by atoms with van der Waals surface area (Å²) in [5.41, 5.74) is 0. The Balaban J connectivity index is 1.47. The standard InChI is InChI=1S/C32H58O17/c1-2-3-4-5-6-7-8-9-10-11-12-13-20(35)44-16-19-21(36)22(37)26(41)31(47-19)49-29-18(15-34)46-32(27(42)24(29)39)48-28-17(14-33)45-30(43)25(40)23(28)38/h17-19,21-34,36-43H,2-16H2,1H3/t17-,18-,19-,21-,22+,23-,24-,25-,26-,27-,28-,29-,30?,31-,32-/m1/s1. The Kier molecular flexibility index (Phi) is 18.5. The van der Waals surface area contributed by atoms with Crippen molar-refractivity contribution in [1.29, 1.82) is 0 Å². The molecule has 17 nitrogen and oxygen atoms in total. The number of aliphatic hydroxyl groups excluding tert-OH is 10. The Morgan fingerprint density at radius 1 is 0.531 bits per heavy atom. The van der Waals surface area contributed by atoms with Crippen molar-refractivity contribution < 1.29 is 84.3 Å². The maximum atomic E-state index is 12.3. The van der Waals surface area contributed by atoms with Gasteiger partial charge in [-0.25, -0.2) is 0 Å². The summed E-state index contributed by atoms with van der Waals surface area (Å²) in [4.78, 5) is 12.3. The quantitative estimate of drug-likeness (QED) is 0.0468. The third-order valence-corrected chi connectivity index (χ3v) is 9.30. The molecule has 0 amide bonds. The van der Waals surface area contributed by atoms with Gasteiger partial charge in [-0.15, -0.1) is 0 Å². The zero-order valence-electron chi connectivity index (χ0n) is 28.1. The second kappa shape index (κ2) is 21.4. The number of hydrogen-bond acceptors (Lipinski definition) is 17. The second-order valence-electron chi connectivity index (χ2n) is 13.1. The highest BCUT2D eigenvalue weighted by atomic mass is 16.8. The first-order valence-electron chi connectivity index (χ1n) is 17.5. The molecule has 0 spiro atoms. The van der Waals surface area contributed by atoms with Gasteiger partial charge in [-0.3, -0.25) is 4.79 Å². The van der Waals surface area contributed by atoms with E-state index in [4.69, 9.17) is 28.4 Å². The number of esters is 1. The van der Waals surface area contributed by atoms with Gasteiger partial charge in [0.15, 0.2) is 18.9 Å². The van der Waals surface area contributed by atoms with Crippen LogP contribution in [0.1, 0.15) is 84.0 Å². The number of ether oxygens (including phenoxy) is 6. The lowest BCUT2D eigenvalue weighted by Crippen LogP contribution is -2.66. The number of aliphatic hydroxyl groups is 10. The summed E-state index contributed by atoms with van der Waals surface area (Å²) in [6.45, 7) is 0.109. The van der Waals surface area contributed by atoms with Crippen LogP contribution in [0.3, 0.4) is 0 Å². The molecular weight excluding hydrogens is 656 g/mol. The van der Waals surface area contributed by atoms with Crippen LogP contribution in [0.2, 0.25) is 0 Å². The van der Waals surface area contributed by atoms with E-state index in [0.717, 1.165) is 19.3 Å². The lowest BCUT2D eigenvalue weighted by Gasteiger charge is -2.47. The fourth-order valence-corrected chi connectivity index (χ4v) is 6.23. The summed E-state index contributed by atoms with van der Waals surface area (Å²) in [7, 11) is 0. The van der Waals surface area contributed by atoms with Crippen LogP contribution in [0.5, 0.6) is 0 Å². The fraction of sp³-hybridized carbons (Fsp3) is 0.969. The Labute approximate surface area is 286 Å². The highest BCUT2D eigenvalue weighted by molar-refractivity contribution is 5.69. The molecule has 49 heavy (non-hydrogen) atoms. The molecule has 0 bridgehead atoms. The molecule has 288 valence electrons. The van der Waals surface area contributed by atoms with Crippen LogP contribution < -0.4 is 0 Å². The van der Waals surface area contributed by atoms with E-state index < -0.39 is 118 Å². The molecule has 1 unspecified atom stereocenters. The molecule has 10 N–H and O–H groups in total. The van der Waals surface area contributed by atoms with Crippen LogP contribution in [-0.4, -0.2) is 169 Å². The van der Waals surface area contributed by atoms with Gasteiger partial charge in [0, 0.05) is 6.42 Å². The SMILES string of the molecule is CCCCCCCCCCCCCC(=O)OC[C@H]1O[C@H](O[C@H]2[C@H](O)[C@@H](O)[C@@H](O[C@H]3[C@H](O)[C@@H](O)C(O)O[C@@H]3CO)O[C@@H]2CO)[C@H](O)[C@@H](O)[C@@H]1O. The van der Waals surface area contributed by atoms with E-state index in [9.17, 15) is 55.9 Å². The molecule has 0 aliphatic carbocycles. The highest BCUT2D eigenvalue weighted by Gasteiger charge is 2.53. The van der Waals surface area contributed by atoms with Gasteiger partial charge < -0.3 is 79.5 Å². The molecule has 0 aromatic heterocycles. The maximum absolute atomic E-state index is 12.3. The number of carbonyl (C=O) groups is 1. The summed E-state index contributed by atoms with van der Waals surface area (Å²) in [5, 5.41) is 103. The van der Waals surface area contributed by atoms with E-state index in [-0.39, 0.29) is 6.42 Å². The minimum atomic E-state index is -1.94. The molecule has 0 radical (unpaired) electrons. The van der Waals surface area contributed by atoms with Crippen molar-refractivity contribution in [3.8, 4) is 0 Å². The molecule has 3 saturated heterocycles. The van der Waals surface area contributed by atoms with Gasteiger partial charge in [0.25, 0.3) is 0 Å². The van der Waals surface area contributed by atoms with E-state index in [1.807, 2.05) is 0 Å². The largest absolute Gasteiger partial charge is 0.463 e. The minimum absolute atomic E-state index is 0.151. The van der Waals surface area contributed by atoms with Crippen molar-refractivity contribution in [3.05, 3.63) is 0 Å². The van der Waals surface area contributed by atoms with Crippen molar-refractivity contribution in [3.63, 3.8) is 0 Å². The normalized spacial score (nSPS) is 39.9. The average molecular weight is 715 g/mol. The molecule has 0 aromatic carbocycles. The molecule has 17 heteroatoms. The Bertz CT molecular complexity index is 926. The van der Waals surface area contributed by atoms with Gasteiger partial charge in [-0.2, -0.15) is 0 Å². The monoisotopic (exact) mass is 714 g/mol. The van der Waals surface area contributed by atoms with E-state index in [0.29, 0.717) is 6.42 Å². The summed E-state index contributed by atoms with van der Waals surface area (Å²) in [6.07, 6.45) is -13.1. The average Bonchev–Trinajstić information content (AvgIpc) is 3.09. The predicted octanol–water partition coefficient (Wildman–Crippen LogP) is -2.32. The lowest BCUT2D eigenvalue weighted by molar-refractivity contribution is -0.377. The summed E-state index contributed by atoms with van der Waals surface area (Å²) >= 11 is 0. The van der Waals surface area contributed by atoms with Crippen LogP contribution in [0, 0.1) is 0 Å². The first kappa shape index (κ1) is 42.3. The smallest absolute Gasteiger partial charge is 0.305 e. The molecule has 0 aromatic rings. The van der Waals surface area contributed by atoms with Gasteiger partial charge in [-0.1, -0.05) is 71.1 Å². The fourth-order valence-electron chi connectivity index (χ4n) is 6.23. The molecule has 15 atom stereocenters. The summed E-state index contributed by atoms with van der Waals surface area (Å²) in [5.74, 6) is -0.533. The van der Waals surface area contributed by atoms with Crippen LogP contribution >= 0.6 is 0 Å². The van der Waals surface area contributed by atoms with Crippen LogP contribution in [0.4, 0.5) is 0 Å². The summed E-state index contributed by atoms with van der Waals surface area (Å²) in [6, 6.07) is 0. The number of carbonyl (C=O) groups excluding carboxylic acids is 1. The van der Waals surface area contributed by atoms with Crippen molar-refractivity contribution in [1.82, 2.24) is 0 Å². The second-order valence-corrected chi connectivity index (χ2v) is 13.1. The zero-order chi connectivity index (χ0) is 36.1. The van der Waals surface area contributed by atoms with E-state index in [2.05, 4.69) is 6.92 Å². The molecule has 3 aliphatic heterocycles. The molecule has 0 saturated carbocycles. The number of rotatable bonds is 20. The molecule has 3 heterocycles. The molecular formula is C32H58O17. The minimum Gasteiger partial charge on any atom is -0.463 e. The van der Waals surface area contributed by atoms with Gasteiger partial charge in [0.1, 0.15) is 79.9 Å². The number of hydrogen-bond donors (Lipinski definition) is 10. The Morgan fingerprint density at radius 2 is 0.980 bits per heavy atom.